The van der Waals surface area contributed by atoms with Gasteiger partial charge in [0.1, 0.15) is 12.4 Å². The molecule has 2 aromatic carbocycles. The first-order chi connectivity index (χ1) is 14.5. The number of anilines is 2. The van der Waals surface area contributed by atoms with Gasteiger partial charge in [-0.05, 0) is 43.2 Å². The van der Waals surface area contributed by atoms with Crippen LogP contribution in [0.5, 0.6) is 5.75 Å². The van der Waals surface area contributed by atoms with Gasteiger partial charge in [0.2, 0.25) is 11.8 Å². The first kappa shape index (κ1) is 23.2. The van der Waals surface area contributed by atoms with E-state index in [9.17, 15) is 9.59 Å². The summed E-state index contributed by atoms with van der Waals surface area (Å²) in [4.78, 5) is 25.7. The van der Waals surface area contributed by atoms with E-state index in [0.717, 1.165) is 11.3 Å². The molecule has 7 nitrogen and oxygen atoms in total. The van der Waals surface area contributed by atoms with E-state index in [-0.39, 0.29) is 18.4 Å². The monoisotopic (exact) mass is 413 g/mol. The molecule has 0 atom stereocenters. The highest BCUT2D eigenvalue weighted by molar-refractivity contribution is 5.95. The van der Waals surface area contributed by atoms with Crippen LogP contribution in [0.1, 0.15) is 18.9 Å². The SMILES string of the molecule is CCOCCOc1ccccc1NC(=O)CNc1cccc(CCC(=O)N(C)C)c1. The summed E-state index contributed by atoms with van der Waals surface area (Å²) in [7, 11) is 3.50. The van der Waals surface area contributed by atoms with Crippen molar-refractivity contribution in [2.24, 2.45) is 0 Å². The normalized spacial score (nSPS) is 10.4. The molecular weight excluding hydrogens is 382 g/mol. The van der Waals surface area contributed by atoms with E-state index in [1.54, 1.807) is 25.1 Å². The average molecular weight is 414 g/mol. The van der Waals surface area contributed by atoms with Crippen LogP contribution < -0.4 is 15.4 Å². The number of nitrogens with one attached hydrogen (secondary N) is 2. The van der Waals surface area contributed by atoms with Crippen molar-refractivity contribution in [2.45, 2.75) is 19.8 Å². The summed E-state index contributed by atoms with van der Waals surface area (Å²) >= 11 is 0. The summed E-state index contributed by atoms with van der Waals surface area (Å²) in [6, 6.07) is 15.1. The van der Waals surface area contributed by atoms with E-state index in [4.69, 9.17) is 9.47 Å². The van der Waals surface area contributed by atoms with E-state index in [1.165, 1.54) is 0 Å². The maximum absolute atomic E-state index is 12.4. The molecule has 0 unspecified atom stereocenters. The van der Waals surface area contributed by atoms with Crippen LogP contribution in [-0.4, -0.2) is 57.2 Å². The topological polar surface area (TPSA) is 79.9 Å². The molecule has 0 fully saturated rings. The molecule has 0 spiro atoms. The number of carbonyl (C=O) groups is 2. The lowest BCUT2D eigenvalue weighted by molar-refractivity contribution is -0.128. The van der Waals surface area contributed by atoms with Crippen LogP contribution in [0.2, 0.25) is 0 Å². The van der Waals surface area contributed by atoms with Crippen LogP contribution in [0, 0.1) is 0 Å². The van der Waals surface area contributed by atoms with Gasteiger partial charge >= 0.3 is 0 Å². The van der Waals surface area contributed by atoms with Crippen LogP contribution in [-0.2, 0) is 20.7 Å². The van der Waals surface area contributed by atoms with Crippen LogP contribution in [0.4, 0.5) is 11.4 Å². The molecule has 0 aromatic heterocycles. The Labute approximate surface area is 178 Å². The van der Waals surface area contributed by atoms with Gasteiger partial charge in [0.15, 0.2) is 0 Å². The van der Waals surface area contributed by atoms with Gasteiger partial charge in [0, 0.05) is 32.8 Å². The Balaban J connectivity index is 1.85. The van der Waals surface area contributed by atoms with E-state index >= 15 is 0 Å². The number of rotatable bonds is 12. The number of amides is 2. The summed E-state index contributed by atoms with van der Waals surface area (Å²) < 4.78 is 11.0. The first-order valence-corrected chi connectivity index (χ1v) is 10.1. The number of hydrogen-bond donors (Lipinski definition) is 2. The molecular formula is C23H31N3O4. The van der Waals surface area contributed by atoms with Crippen LogP contribution >= 0.6 is 0 Å². The van der Waals surface area contributed by atoms with E-state index in [1.807, 2.05) is 49.4 Å². The molecule has 2 amide bonds. The zero-order chi connectivity index (χ0) is 21.8. The largest absolute Gasteiger partial charge is 0.489 e. The molecule has 162 valence electrons. The van der Waals surface area contributed by atoms with Crippen molar-refractivity contribution < 1.29 is 19.1 Å². The van der Waals surface area contributed by atoms with E-state index < -0.39 is 0 Å². The van der Waals surface area contributed by atoms with Crippen molar-refractivity contribution in [3.63, 3.8) is 0 Å². The van der Waals surface area contributed by atoms with Gasteiger partial charge in [0.25, 0.3) is 0 Å². The van der Waals surface area contributed by atoms with Gasteiger partial charge in [-0.15, -0.1) is 0 Å². The summed E-state index contributed by atoms with van der Waals surface area (Å²) in [5.74, 6) is 0.525. The lowest BCUT2D eigenvalue weighted by Gasteiger charge is -2.13. The van der Waals surface area contributed by atoms with E-state index in [0.29, 0.717) is 44.1 Å². The minimum atomic E-state index is -0.177. The zero-order valence-corrected chi connectivity index (χ0v) is 17.9. The molecule has 0 saturated heterocycles. The molecule has 7 heteroatoms. The average Bonchev–Trinajstić information content (AvgIpc) is 2.75. The number of carbonyl (C=O) groups excluding carboxylic acids is 2. The van der Waals surface area contributed by atoms with Crippen LogP contribution in [0.15, 0.2) is 48.5 Å². The Morgan fingerprint density at radius 1 is 1.03 bits per heavy atom. The Bertz CT molecular complexity index is 824. The van der Waals surface area contributed by atoms with Crippen molar-refractivity contribution in [3.05, 3.63) is 54.1 Å². The fourth-order valence-electron chi connectivity index (χ4n) is 2.74. The molecule has 0 heterocycles. The maximum Gasteiger partial charge on any atom is 0.243 e. The maximum atomic E-state index is 12.4. The molecule has 2 aromatic rings. The third-order valence-corrected chi connectivity index (χ3v) is 4.36. The van der Waals surface area contributed by atoms with Gasteiger partial charge in [0.05, 0.1) is 18.8 Å². The highest BCUT2D eigenvalue weighted by atomic mass is 16.5. The number of para-hydroxylation sites is 2. The molecule has 0 aliphatic rings. The Kier molecular flexibility index (Phi) is 9.67. The number of benzene rings is 2. The minimum Gasteiger partial charge on any atom is -0.489 e. The highest BCUT2D eigenvalue weighted by Crippen LogP contribution is 2.23. The molecule has 0 aliphatic heterocycles. The number of hydrogen-bond acceptors (Lipinski definition) is 5. The van der Waals surface area contributed by atoms with Crippen molar-refractivity contribution in [1.29, 1.82) is 0 Å². The predicted molar refractivity (Wildman–Crippen MR) is 119 cm³/mol. The predicted octanol–water partition coefficient (Wildman–Crippen LogP) is 3.17. The fourth-order valence-corrected chi connectivity index (χ4v) is 2.74. The lowest BCUT2D eigenvalue weighted by atomic mass is 10.1. The summed E-state index contributed by atoms with van der Waals surface area (Å²) in [5, 5.41) is 6.00. The quantitative estimate of drug-likeness (QED) is 0.523. The second-order valence-electron chi connectivity index (χ2n) is 6.93. The highest BCUT2D eigenvalue weighted by Gasteiger charge is 2.09. The van der Waals surface area contributed by atoms with E-state index in [2.05, 4.69) is 10.6 Å². The van der Waals surface area contributed by atoms with Gasteiger partial charge in [-0.25, -0.2) is 0 Å². The number of ether oxygens (including phenoxy) is 2. The third kappa shape index (κ3) is 8.13. The molecule has 0 saturated carbocycles. The second kappa shape index (κ2) is 12.5. The number of aryl methyl sites for hydroxylation is 1. The molecule has 0 radical (unpaired) electrons. The van der Waals surface area contributed by atoms with Gasteiger partial charge in [-0.2, -0.15) is 0 Å². The van der Waals surface area contributed by atoms with Crippen molar-refractivity contribution in [1.82, 2.24) is 4.90 Å². The van der Waals surface area contributed by atoms with Gasteiger partial charge in [-0.3, -0.25) is 9.59 Å². The lowest BCUT2D eigenvalue weighted by Crippen LogP contribution is -2.22. The van der Waals surface area contributed by atoms with Gasteiger partial charge in [-0.1, -0.05) is 24.3 Å². The molecule has 0 bridgehead atoms. The summed E-state index contributed by atoms with van der Waals surface area (Å²) in [5.41, 5.74) is 2.50. The van der Waals surface area contributed by atoms with Crippen molar-refractivity contribution in [2.75, 3.05) is 51.1 Å². The van der Waals surface area contributed by atoms with Crippen LogP contribution in [0.3, 0.4) is 0 Å². The summed E-state index contributed by atoms with van der Waals surface area (Å²) in [6.45, 7) is 3.60. The Hall–Kier alpha value is -3.06. The number of nitrogens with zero attached hydrogens (tertiary/aromatic N) is 1. The Morgan fingerprint density at radius 3 is 2.60 bits per heavy atom. The summed E-state index contributed by atoms with van der Waals surface area (Å²) in [6.07, 6.45) is 1.11. The minimum absolute atomic E-state index is 0.0925. The Morgan fingerprint density at radius 2 is 1.83 bits per heavy atom. The fraction of sp³-hybridized carbons (Fsp3) is 0.391. The second-order valence-corrected chi connectivity index (χ2v) is 6.93. The first-order valence-electron chi connectivity index (χ1n) is 10.1. The smallest absolute Gasteiger partial charge is 0.243 e. The zero-order valence-electron chi connectivity index (χ0n) is 17.9. The van der Waals surface area contributed by atoms with Crippen molar-refractivity contribution in [3.8, 4) is 5.75 Å². The molecule has 2 rings (SSSR count). The molecule has 2 N–H and O–H groups in total. The van der Waals surface area contributed by atoms with Crippen LogP contribution in [0.25, 0.3) is 0 Å². The van der Waals surface area contributed by atoms with Crippen molar-refractivity contribution >= 4 is 23.2 Å². The molecule has 0 aliphatic carbocycles. The molecule has 30 heavy (non-hydrogen) atoms. The van der Waals surface area contributed by atoms with Gasteiger partial charge < -0.3 is 25.0 Å². The third-order valence-electron chi connectivity index (χ3n) is 4.36. The standard InChI is InChI=1S/C23H31N3O4/c1-4-29-14-15-30-21-11-6-5-10-20(21)25-22(27)17-24-19-9-7-8-18(16-19)12-13-23(28)26(2)3/h5-11,16,24H,4,12-15,17H2,1-3H3,(H,25,27).